The lowest BCUT2D eigenvalue weighted by Crippen LogP contribution is -2.63. The van der Waals surface area contributed by atoms with Gasteiger partial charge in [-0.1, -0.05) is 25.1 Å². The Balaban J connectivity index is 1.25. The largest absolute Gasteiger partial charge is 0.511 e. The van der Waals surface area contributed by atoms with Gasteiger partial charge in [0, 0.05) is 41.8 Å². The van der Waals surface area contributed by atoms with Gasteiger partial charge in [0.1, 0.15) is 11.8 Å². The molecular weight excluding hydrogens is 518 g/mol. The van der Waals surface area contributed by atoms with Gasteiger partial charge in [0.25, 0.3) is 0 Å². The standard InChI is InChI=1S/C25H35N3O7S2/c1-13-19-18(14(2)29)22(30)28(19)20(21(13)37-17-11-27(12-17)24-26-9-10-36-24)23(31)33-15(3)34-25(32)35-16-7-5-4-6-8-16/h13-19,29H,4-12H2,1-3H3/t13-,14-,15?,18-,19-/m1/s1. The Morgan fingerprint density at radius 3 is 2.54 bits per heavy atom. The fourth-order valence-electron chi connectivity index (χ4n) is 5.75. The molecule has 12 heteroatoms. The first-order chi connectivity index (χ1) is 17.7. The van der Waals surface area contributed by atoms with Gasteiger partial charge < -0.3 is 29.1 Å². The van der Waals surface area contributed by atoms with Crippen LogP contribution in [-0.4, -0.2) is 93.3 Å². The van der Waals surface area contributed by atoms with E-state index in [1.807, 2.05) is 6.92 Å². The van der Waals surface area contributed by atoms with Gasteiger partial charge in [-0.15, -0.1) is 11.8 Å². The number of carbonyl (C=O) groups is 3. The lowest BCUT2D eigenvalue weighted by atomic mass is 9.79. The number of nitrogens with zero attached hydrogens (tertiary/aromatic N) is 3. The molecule has 1 aliphatic carbocycles. The zero-order valence-electron chi connectivity index (χ0n) is 21.5. The second-order valence-electron chi connectivity index (χ2n) is 10.3. The molecule has 0 bridgehead atoms. The van der Waals surface area contributed by atoms with Crippen LogP contribution >= 0.6 is 23.5 Å². The molecule has 0 spiro atoms. The van der Waals surface area contributed by atoms with Gasteiger partial charge in [-0.05, 0) is 32.6 Å². The first kappa shape index (κ1) is 26.7. The molecule has 5 aliphatic rings. The van der Waals surface area contributed by atoms with Crippen LogP contribution < -0.4 is 0 Å². The van der Waals surface area contributed by atoms with E-state index >= 15 is 0 Å². The number of likely N-dealkylation sites (tertiary alicyclic amines) is 1. The molecule has 10 nitrogen and oxygen atoms in total. The third-order valence-corrected chi connectivity index (χ3v) is 10.1. The molecular formula is C25H35N3O7S2. The van der Waals surface area contributed by atoms with Gasteiger partial charge in [-0.3, -0.25) is 9.79 Å². The second-order valence-corrected chi connectivity index (χ2v) is 12.7. The van der Waals surface area contributed by atoms with Gasteiger partial charge in [0.05, 0.1) is 24.6 Å². The highest BCUT2D eigenvalue weighted by molar-refractivity contribution is 8.14. The van der Waals surface area contributed by atoms with Crippen LogP contribution in [0, 0.1) is 11.8 Å². The van der Waals surface area contributed by atoms with Crippen molar-refractivity contribution < 1.29 is 33.7 Å². The molecule has 37 heavy (non-hydrogen) atoms. The van der Waals surface area contributed by atoms with Crippen LogP contribution in [0.15, 0.2) is 15.6 Å². The van der Waals surface area contributed by atoms with Crippen LogP contribution in [0.1, 0.15) is 52.9 Å². The van der Waals surface area contributed by atoms with Crippen molar-refractivity contribution in [1.29, 1.82) is 0 Å². The third-order valence-electron chi connectivity index (χ3n) is 7.63. The molecule has 1 saturated carbocycles. The van der Waals surface area contributed by atoms with Gasteiger partial charge >= 0.3 is 12.1 Å². The van der Waals surface area contributed by atoms with Crippen LogP contribution in [0.2, 0.25) is 0 Å². The summed E-state index contributed by atoms with van der Waals surface area (Å²) in [6.07, 6.45) is 1.77. The number of thioether (sulfide) groups is 2. The van der Waals surface area contributed by atoms with Crippen LogP contribution in [0.4, 0.5) is 4.79 Å². The maximum Gasteiger partial charge on any atom is 0.511 e. The molecule has 4 heterocycles. The molecule has 1 unspecified atom stereocenters. The first-order valence-electron chi connectivity index (χ1n) is 13.2. The summed E-state index contributed by atoms with van der Waals surface area (Å²) in [5.74, 6) is -0.664. The van der Waals surface area contributed by atoms with Crippen molar-refractivity contribution in [2.75, 3.05) is 25.4 Å². The van der Waals surface area contributed by atoms with E-state index in [4.69, 9.17) is 14.2 Å². The molecule has 4 aliphatic heterocycles. The van der Waals surface area contributed by atoms with Crippen LogP contribution in [0.5, 0.6) is 0 Å². The summed E-state index contributed by atoms with van der Waals surface area (Å²) in [5, 5.41) is 11.5. The number of β-lactam (4-membered cyclic amide) rings is 1. The highest BCUT2D eigenvalue weighted by Crippen LogP contribution is 2.52. The van der Waals surface area contributed by atoms with Crippen molar-refractivity contribution in [3.05, 3.63) is 10.6 Å². The molecule has 2 saturated heterocycles. The third kappa shape index (κ3) is 5.34. The summed E-state index contributed by atoms with van der Waals surface area (Å²) < 4.78 is 16.0. The Hall–Kier alpha value is -1.92. The molecule has 5 rings (SSSR count). The number of hydrogen-bond donors (Lipinski definition) is 1. The fraction of sp³-hybridized carbons (Fsp3) is 0.760. The zero-order valence-corrected chi connectivity index (χ0v) is 23.1. The average molecular weight is 554 g/mol. The first-order valence-corrected chi connectivity index (χ1v) is 15.0. The molecule has 0 aromatic rings. The van der Waals surface area contributed by atoms with E-state index in [1.165, 1.54) is 11.8 Å². The molecule has 1 N–H and O–H groups in total. The van der Waals surface area contributed by atoms with Gasteiger partial charge in [-0.2, -0.15) is 0 Å². The molecule has 0 radical (unpaired) electrons. The topological polar surface area (TPSA) is 118 Å². The van der Waals surface area contributed by atoms with E-state index in [1.54, 1.807) is 30.4 Å². The highest BCUT2D eigenvalue weighted by Gasteiger charge is 2.60. The number of fused-ring (bicyclic) bond motifs is 1. The van der Waals surface area contributed by atoms with E-state index in [0.717, 1.165) is 67.6 Å². The Kier molecular flexibility index (Phi) is 7.97. The predicted octanol–water partition coefficient (Wildman–Crippen LogP) is 2.95. The number of amides is 1. The molecule has 0 aromatic carbocycles. The van der Waals surface area contributed by atoms with Crippen molar-refractivity contribution in [3.8, 4) is 0 Å². The minimum Gasteiger partial charge on any atom is -0.431 e. The predicted molar refractivity (Wildman–Crippen MR) is 140 cm³/mol. The number of carbonyl (C=O) groups excluding carboxylic acids is 3. The Morgan fingerprint density at radius 1 is 1.16 bits per heavy atom. The maximum absolute atomic E-state index is 13.3. The minimum atomic E-state index is -1.17. The second kappa shape index (κ2) is 11.1. The fourth-order valence-corrected chi connectivity index (χ4v) is 8.14. The Labute approximate surface area is 225 Å². The highest BCUT2D eigenvalue weighted by atomic mass is 32.2. The quantitative estimate of drug-likeness (QED) is 0.286. The lowest BCUT2D eigenvalue weighted by Gasteiger charge is -2.46. The SMILES string of the molecule is CC(OC(=O)OC1CCCCC1)OC(=O)C1=C(SC2CN(C3=NCCS3)C2)[C@H](C)[C@@H]2[C@@H]([C@@H](C)O)C(=O)N12. The number of aliphatic hydroxyl groups excluding tert-OH is 1. The lowest BCUT2D eigenvalue weighted by molar-refractivity contribution is -0.174. The number of rotatable bonds is 7. The van der Waals surface area contributed by atoms with Crippen LogP contribution in [0.25, 0.3) is 0 Å². The summed E-state index contributed by atoms with van der Waals surface area (Å²) >= 11 is 3.36. The average Bonchev–Trinajstić information content (AvgIpc) is 3.41. The number of aliphatic hydroxyl groups is 1. The van der Waals surface area contributed by atoms with Crippen molar-refractivity contribution >= 4 is 46.7 Å². The van der Waals surface area contributed by atoms with Crippen molar-refractivity contribution in [2.45, 2.75) is 82.7 Å². The number of esters is 1. The molecule has 1 amide bonds. The van der Waals surface area contributed by atoms with Crippen molar-refractivity contribution in [3.63, 3.8) is 0 Å². The minimum absolute atomic E-state index is 0.121. The normalized spacial score (nSPS) is 29.8. The molecule has 5 atom stereocenters. The zero-order chi connectivity index (χ0) is 26.3. The van der Waals surface area contributed by atoms with E-state index in [0.29, 0.717) is 0 Å². The van der Waals surface area contributed by atoms with Crippen LogP contribution in [0.3, 0.4) is 0 Å². The summed E-state index contributed by atoms with van der Waals surface area (Å²) in [6, 6.07) is -0.295. The van der Waals surface area contributed by atoms with Gasteiger partial charge in [0.15, 0.2) is 5.17 Å². The number of aliphatic imine (C=N–C) groups is 1. The summed E-state index contributed by atoms with van der Waals surface area (Å²) in [5.41, 5.74) is 0.200. The monoisotopic (exact) mass is 553 g/mol. The number of amidine groups is 1. The molecule has 3 fully saturated rings. The maximum atomic E-state index is 13.3. The van der Waals surface area contributed by atoms with E-state index < -0.39 is 30.4 Å². The summed E-state index contributed by atoms with van der Waals surface area (Å²) in [6.45, 7) is 7.54. The van der Waals surface area contributed by atoms with E-state index in [-0.39, 0.29) is 34.9 Å². The van der Waals surface area contributed by atoms with Crippen molar-refractivity contribution in [1.82, 2.24) is 9.80 Å². The summed E-state index contributed by atoms with van der Waals surface area (Å²) in [7, 11) is 0. The Bertz CT molecular complexity index is 991. The van der Waals surface area contributed by atoms with E-state index in [9.17, 15) is 19.5 Å². The molecule has 204 valence electrons. The van der Waals surface area contributed by atoms with E-state index in [2.05, 4.69) is 9.89 Å². The van der Waals surface area contributed by atoms with Gasteiger partial charge in [-0.25, -0.2) is 9.59 Å². The number of hydrogen-bond acceptors (Lipinski definition) is 11. The smallest absolute Gasteiger partial charge is 0.431 e. The van der Waals surface area contributed by atoms with Crippen molar-refractivity contribution in [2.24, 2.45) is 16.8 Å². The Morgan fingerprint density at radius 2 is 1.89 bits per heavy atom. The summed E-state index contributed by atoms with van der Waals surface area (Å²) in [4.78, 5) is 47.5. The van der Waals surface area contributed by atoms with Gasteiger partial charge in [0.2, 0.25) is 12.2 Å². The number of ether oxygens (including phenoxy) is 3. The molecule has 0 aromatic heterocycles. The van der Waals surface area contributed by atoms with Crippen LogP contribution in [-0.2, 0) is 23.8 Å².